The molecule has 0 heterocycles. The Hall–Kier alpha value is -2.11. The van der Waals surface area contributed by atoms with Crippen LogP contribution in [0.25, 0.3) is 0 Å². The van der Waals surface area contributed by atoms with Crippen LogP contribution in [0.1, 0.15) is 5.56 Å². The van der Waals surface area contributed by atoms with Crippen LogP contribution in [-0.2, 0) is 6.42 Å². The third-order valence-electron chi connectivity index (χ3n) is 1.90. The molecule has 0 aliphatic heterocycles. The highest BCUT2D eigenvalue weighted by Gasteiger charge is 1.97. The number of hydrogen-bond acceptors (Lipinski definition) is 4. The summed E-state index contributed by atoms with van der Waals surface area (Å²) in [4.78, 5) is 9.42. The van der Waals surface area contributed by atoms with Crippen molar-refractivity contribution in [1.29, 1.82) is 0 Å². The van der Waals surface area contributed by atoms with E-state index in [0.717, 1.165) is 5.56 Å². The van der Waals surface area contributed by atoms with Crippen LogP contribution >= 0.6 is 0 Å². The highest BCUT2D eigenvalue weighted by Crippen LogP contribution is 2.02. The van der Waals surface area contributed by atoms with Gasteiger partial charge in [-0.2, -0.15) is 0 Å². The molecular weight excluding hydrogens is 213 g/mol. The lowest BCUT2D eigenvalue weighted by Gasteiger charge is -2.04. The van der Waals surface area contributed by atoms with Gasteiger partial charge in [-0.1, -0.05) is 12.1 Å². The minimum Gasteiger partial charge on any atom is -0.380 e. The van der Waals surface area contributed by atoms with Gasteiger partial charge in [0, 0.05) is 6.54 Å². The predicted octanol–water partition coefficient (Wildman–Crippen LogP) is 0.992. The summed E-state index contributed by atoms with van der Waals surface area (Å²) in [7, 11) is 0. The largest absolute Gasteiger partial charge is 0.380 e. The molecule has 5 nitrogen and oxygen atoms in total. The van der Waals surface area contributed by atoms with Crippen LogP contribution in [0.15, 0.2) is 36.3 Å². The summed E-state index contributed by atoms with van der Waals surface area (Å²) < 4.78 is 12.6. The Balaban J connectivity index is 2.36. The van der Waals surface area contributed by atoms with Crippen molar-refractivity contribution in [3.8, 4) is 0 Å². The molecule has 0 aliphatic rings. The molecule has 1 rings (SSSR count). The van der Waals surface area contributed by atoms with Gasteiger partial charge in [0.05, 0.1) is 4.92 Å². The third kappa shape index (κ3) is 4.41. The maximum absolute atomic E-state index is 12.6. The monoisotopic (exact) mass is 225 g/mol. The Morgan fingerprint density at radius 1 is 1.50 bits per heavy atom. The summed E-state index contributed by atoms with van der Waals surface area (Å²) in [5.41, 5.74) is 6.24. The van der Waals surface area contributed by atoms with Gasteiger partial charge in [0.2, 0.25) is 0 Å². The van der Waals surface area contributed by atoms with Crippen molar-refractivity contribution in [3.63, 3.8) is 0 Å². The van der Waals surface area contributed by atoms with Crippen molar-refractivity contribution in [1.82, 2.24) is 5.32 Å². The molecule has 6 heteroatoms. The molecule has 0 radical (unpaired) electrons. The summed E-state index contributed by atoms with van der Waals surface area (Å²) >= 11 is 0. The van der Waals surface area contributed by atoms with E-state index in [1.54, 1.807) is 12.1 Å². The smallest absolute Gasteiger partial charge is 0.273 e. The SMILES string of the molecule is N/C(=C/[N+](=O)[O-])NCCc1ccc(F)cc1. The van der Waals surface area contributed by atoms with E-state index >= 15 is 0 Å². The summed E-state index contributed by atoms with van der Waals surface area (Å²) in [5.74, 6) is -0.281. The van der Waals surface area contributed by atoms with Gasteiger partial charge in [0.1, 0.15) is 5.82 Å². The number of nitrogens with one attached hydrogen (secondary N) is 1. The molecule has 0 fully saturated rings. The first-order valence-electron chi connectivity index (χ1n) is 4.67. The number of nitro groups is 1. The van der Waals surface area contributed by atoms with Gasteiger partial charge in [-0.15, -0.1) is 0 Å². The lowest BCUT2D eigenvalue weighted by molar-refractivity contribution is -0.403. The second kappa shape index (κ2) is 5.69. The van der Waals surface area contributed by atoms with Gasteiger partial charge in [-0.3, -0.25) is 10.1 Å². The van der Waals surface area contributed by atoms with Crippen LogP contribution in [-0.4, -0.2) is 11.5 Å². The Kier molecular flexibility index (Phi) is 4.26. The molecule has 1 aromatic carbocycles. The number of benzene rings is 1. The van der Waals surface area contributed by atoms with E-state index in [4.69, 9.17) is 5.73 Å². The molecule has 0 saturated carbocycles. The van der Waals surface area contributed by atoms with Crippen LogP contribution < -0.4 is 11.1 Å². The van der Waals surface area contributed by atoms with E-state index in [9.17, 15) is 14.5 Å². The first-order valence-corrected chi connectivity index (χ1v) is 4.67. The van der Waals surface area contributed by atoms with E-state index in [1.165, 1.54) is 12.1 Å². The van der Waals surface area contributed by atoms with Crippen LogP contribution in [0, 0.1) is 15.9 Å². The van der Waals surface area contributed by atoms with Crippen LogP contribution in [0.5, 0.6) is 0 Å². The fraction of sp³-hybridized carbons (Fsp3) is 0.200. The van der Waals surface area contributed by atoms with Crippen LogP contribution in [0.3, 0.4) is 0 Å². The normalized spacial score (nSPS) is 11.2. The molecule has 0 saturated heterocycles. The zero-order valence-corrected chi connectivity index (χ0v) is 8.52. The standard InChI is InChI=1S/C10H12FN3O2/c11-9-3-1-8(2-4-9)5-6-13-10(12)7-14(15)16/h1-4,7,13H,5-6,12H2/b10-7-. The lowest BCUT2D eigenvalue weighted by Crippen LogP contribution is -2.23. The highest BCUT2D eigenvalue weighted by molar-refractivity contribution is 5.16. The molecule has 0 amide bonds. The molecule has 0 spiro atoms. The Bertz CT molecular complexity index is 390. The number of halogens is 1. The quantitative estimate of drug-likeness (QED) is 0.578. The van der Waals surface area contributed by atoms with Gasteiger partial charge in [0.15, 0.2) is 5.82 Å². The van der Waals surface area contributed by atoms with E-state index in [2.05, 4.69) is 5.32 Å². The van der Waals surface area contributed by atoms with Crippen molar-refractivity contribution in [2.75, 3.05) is 6.54 Å². The average molecular weight is 225 g/mol. The van der Waals surface area contributed by atoms with E-state index in [-0.39, 0.29) is 11.6 Å². The summed E-state index contributed by atoms with van der Waals surface area (Å²) in [6.07, 6.45) is 1.32. The van der Waals surface area contributed by atoms with Crippen molar-refractivity contribution in [3.05, 3.63) is 57.8 Å². The molecule has 0 atom stereocenters. The van der Waals surface area contributed by atoms with Crippen molar-refractivity contribution in [2.45, 2.75) is 6.42 Å². The predicted molar refractivity (Wildman–Crippen MR) is 57.4 cm³/mol. The van der Waals surface area contributed by atoms with E-state index in [0.29, 0.717) is 19.2 Å². The molecule has 0 unspecified atom stereocenters. The molecular formula is C10H12FN3O2. The second-order valence-electron chi connectivity index (χ2n) is 3.17. The Labute approximate surface area is 91.9 Å². The molecule has 0 bridgehead atoms. The van der Waals surface area contributed by atoms with Crippen molar-refractivity contribution < 1.29 is 9.31 Å². The summed E-state index contributed by atoms with van der Waals surface area (Å²) in [6, 6.07) is 6.05. The Morgan fingerprint density at radius 2 is 2.12 bits per heavy atom. The van der Waals surface area contributed by atoms with E-state index in [1.807, 2.05) is 0 Å². The van der Waals surface area contributed by atoms with Crippen LogP contribution in [0.2, 0.25) is 0 Å². The van der Waals surface area contributed by atoms with Gasteiger partial charge in [-0.25, -0.2) is 4.39 Å². The number of nitrogens with two attached hydrogens (primary N) is 1. The maximum Gasteiger partial charge on any atom is 0.273 e. The van der Waals surface area contributed by atoms with Gasteiger partial charge in [0.25, 0.3) is 6.20 Å². The molecule has 86 valence electrons. The Morgan fingerprint density at radius 3 is 2.69 bits per heavy atom. The number of nitrogens with zero attached hydrogens (tertiary/aromatic N) is 1. The molecule has 3 N–H and O–H groups in total. The zero-order valence-electron chi connectivity index (χ0n) is 8.52. The molecule has 16 heavy (non-hydrogen) atoms. The van der Waals surface area contributed by atoms with E-state index < -0.39 is 4.92 Å². The first kappa shape index (κ1) is 12.0. The van der Waals surface area contributed by atoms with Gasteiger partial charge in [-0.05, 0) is 24.1 Å². The minimum atomic E-state index is -0.625. The summed E-state index contributed by atoms with van der Waals surface area (Å²) in [6.45, 7) is 0.460. The molecule has 0 aliphatic carbocycles. The number of rotatable bonds is 5. The molecule has 0 aromatic heterocycles. The van der Waals surface area contributed by atoms with Crippen molar-refractivity contribution >= 4 is 0 Å². The topological polar surface area (TPSA) is 81.2 Å². The van der Waals surface area contributed by atoms with Crippen LogP contribution in [0.4, 0.5) is 4.39 Å². The number of hydrogen-bond donors (Lipinski definition) is 2. The summed E-state index contributed by atoms with van der Waals surface area (Å²) in [5, 5.41) is 12.7. The average Bonchev–Trinajstić information content (AvgIpc) is 2.20. The zero-order chi connectivity index (χ0) is 12.0. The lowest BCUT2D eigenvalue weighted by atomic mass is 10.1. The second-order valence-corrected chi connectivity index (χ2v) is 3.17. The first-order chi connectivity index (χ1) is 7.58. The third-order valence-corrected chi connectivity index (χ3v) is 1.90. The fourth-order valence-electron chi connectivity index (χ4n) is 1.16. The van der Waals surface area contributed by atoms with Gasteiger partial charge >= 0.3 is 0 Å². The highest BCUT2D eigenvalue weighted by atomic mass is 19.1. The maximum atomic E-state index is 12.6. The van der Waals surface area contributed by atoms with Crippen molar-refractivity contribution in [2.24, 2.45) is 5.73 Å². The minimum absolute atomic E-state index is 0.00658. The fourth-order valence-corrected chi connectivity index (χ4v) is 1.16. The molecule has 1 aromatic rings. The van der Waals surface area contributed by atoms with Gasteiger partial charge < -0.3 is 11.1 Å².